The van der Waals surface area contributed by atoms with Crippen molar-refractivity contribution >= 4 is 17.6 Å². The van der Waals surface area contributed by atoms with Gasteiger partial charge in [-0.25, -0.2) is 14.4 Å². The minimum absolute atomic E-state index is 0.0387. The Bertz CT molecular complexity index is 1100. The molecule has 9 heteroatoms. The second-order valence-electron chi connectivity index (χ2n) is 6.78. The summed E-state index contributed by atoms with van der Waals surface area (Å²) < 4.78 is 18.7. The maximum Gasteiger partial charge on any atom is 0.267 e. The third kappa shape index (κ3) is 3.90. The minimum Gasteiger partial charge on any atom is -0.457 e. The van der Waals surface area contributed by atoms with E-state index in [1.165, 1.54) is 30.3 Å². The third-order valence-corrected chi connectivity index (χ3v) is 4.77. The van der Waals surface area contributed by atoms with Crippen LogP contribution in [0, 0.1) is 5.82 Å². The van der Waals surface area contributed by atoms with Crippen molar-refractivity contribution in [2.75, 3.05) is 11.4 Å². The molecule has 1 aliphatic rings. The standard InChI is InChI=1S/C21H18FN5O3/c22-13-3-7-15(8-4-13)30-14-5-1-12(2-6-14)21-25-16(19(23)28)11-18(26-21)27-10-9-17(27)20(24)29/h1-8,11,17H,9-10H2,(H2,23,28)(H2,24,29). The highest BCUT2D eigenvalue weighted by Crippen LogP contribution is 2.29. The number of nitrogens with two attached hydrogens (primary N) is 2. The first-order valence-corrected chi connectivity index (χ1v) is 9.19. The highest BCUT2D eigenvalue weighted by molar-refractivity contribution is 5.92. The van der Waals surface area contributed by atoms with Crippen molar-refractivity contribution in [3.05, 3.63) is 66.1 Å². The molecule has 8 nitrogen and oxygen atoms in total. The molecule has 2 heterocycles. The average molecular weight is 407 g/mol. The van der Waals surface area contributed by atoms with E-state index in [2.05, 4.69) is 9.97 Å². The Morgan fingerprint density at radius 2 is 1.63 bits per heavy atom. The van der Waals surface area contributed by atoms with Gasteiger partial charge in [-0.2, -0.15) is 0 Å². The molecule has 2 amide bonds. The maximum atomic E-state index is 13.0. The molecule has 0 spiro atoms. The van der Waals surface area contributed by atoms with Gasteiger partial charge in [0.1, 0.15) is 34.9 Å². The fourth-order valence-corrected chi connectivity index (χ4v) is 3.11. The highest BCUT2D eigenvalue weighted by atomic mass is 19.1. The predicted octanol–water partition coefficient (Wildman–Crippen LogP) is 2.24. The Morgan fingerprint density at radius 3 is 2.17 bits per heavy atom. The number of carbonyl (C=O) groups is 2. The van der Waals surface area contributed by atoms with Crippen LogP contribution in [0.15, 0.2) is 54.6 Å². The average Bonchev–Trinajstić information content (AvgIpc) is 2.69. The number of primary amides is 2. The zero-order chi connectivity index (χ0) is 21.3. The predicted molar refractivity (Wildman–Crippen MR) is 107 cm³/mol. The summed E-state index contributed by atoms with van der Waals surface area (Å²) in [5, 5.41) is 0. The van der Waals surface area contributed by atoms with Crippen LogP contribution in [0.3, 0.4) is 0 Å². The number of amides is 2. The second kappa shape index (κ2) is 7.78. The molecule has 4 rings (SSSR count). The number of benzene rings is 2. The number of nitrogens with zero attached hydrogens (tertiary/aromatic N) is 3. The van der Waals surface area contributed by atoms with Gasteiger partial charge in [-0.15, -0.1) is 0 Å². The molecule has 3 aromatic rings. The van der Waals surface area contributed by atoms with Gasteiger partial charge in [0.25, 0.3) is 5.91 Å². The Kier molecular flexibility index (Phi) is 5.01. The molecule has 152 valence electrons. The van der Waals surface area contributed by atoms with Crippen LogP contribution >= 0.6 is 0 Å². The van der Waals surface area contributed by atoms with Crippen molar-refractivity contribution in [2.24, 2.45) is 11.5 Å². The summed E-state index contributed by atoms with van der Waals surface area (Å²) >= 11 is 0. The Morgan fingerprint density at radius 1 is 1.00 bits per heavy atom. The number of halogens is 1. The first-order valence-electron chi connectivity index (χ1n) is 9.19. The van der Waals surface area contributed by atoms with E-state index in [-0.39, 0.29) is 17.3 Å². The van der Waals surface area contributed by atoms with Crippen molar-refractivity contribution < 1.29 is 18.7 Å². The molecule has 0 bridgehead atoms. The minimum atomic E-state index is -0.702. The molecule has 1 aliphatic heterocycles. The van der Waals surface area contributed by atoms with Crippen LogP contribution in [-0.2, 0) is 4.79 Å². The highest BCUT2D eigenvalue weighted by Gasteiger charge is 2.34. The van der Waals surface area contributed by atoms with Gasteiger partial charge < -0.3 is 21.1 Å². The number of anilines is 1. The lowest BCUT2D eigenvalue weighted by atomic mass is 10.0. The molecule has 0 saturated carbocycles. The Labute approximate surface area is 171 Å². The molecular formula is C21H18FN5O3. The van der Waals surface area contributed by atoms with Crippen LogP contribution < -0.4 is 21.1 Å². The van der Waals surface area contributed by atoms with Crippen LogP contribution in [0.4, 0.5) is 10.2 Å². The summed E-state index contributed by atoms with van der Waals surface area (Å²) in [5.74, 6) is 0.222. The van der Waals surface area contributed by atoms with Gasteiger partial charge >= 0.3 is 0 Å². The fraction of sp³-hybridized carbons (Fsp3) is 0.143. The number of hydrogen-bond acceptors (Lipinski definition) is 6. The Balaban J connectivity index is 1.61. The van der Waals surface area contributed by atoms with Crippen LogP contribution in [0.1, 0.15) is 16.9 Å². The number of rotatable bonds is 6. The van der Waals surface area contributed by atoms with Crippen molar-refractivity contribution in [1.29, 1.82) is 0 Å². The summed E-state index contributed by atoms with van der Waals surface area (Å²) in [6, 6.07) is 13.5. The summed E-state index contributed by atoms with van der Waals surface area (Å²) in [6.07, 6.45) is 0.621. The quantitative estimate of drug-likeness (QED) is 0.646. The van der Waals surface area contributed by atoms with Crippen molar-refractivity contribution in [1.82, 2.24) is 9.97 Å². The largest absolute Gasteiger partial charge is 0.457 e. The number of ether oxygens (including phenoxy) is 1. The van der Waals surface area contributed by atoms with E-state index in [1.54, 1.807) is 29.2 Å². The molecule has 1 unspecified atom stereocenters. The maximum absolute atomic E-state index is 13.0. The van der Waals surface area contributed by atoms with Gasteiger partial charge in [0.15, 0.2) is 5.82 Å². The van der Waals surface area contributed by atoms with E-state index in [1.807, 2.05) is 0 Å². The van der Waals surface area contributed by atoms with Crippen molar-refractivity contribution in [3.63, 3.8) is 0 Å². The number of carbonyl (C=O) groups excluding carboxylic acids is 2. The molecule has 1 fully saturated rings. The van der Waals surface area contributed by atoms with Gasteiger partial charge in [0.2, 0.25) is 5.91 Å². The van der Waals surface area contributed by atoms with E-state index >= 15 is 0 Å². The first kappa shape index (κ1) is 19.3. The summed E-state index contributed by atoms with van der Waals surface area (Å²) in [5.41, 5.74) is 11.5. The van der Waals surface area contributed by atoms with Crippen LogP contribution in [0.5, 0.6) is 11.5 Å². The SMILES string of the molecule is NC(=O)c1cc(N2CCC2C(N)=O)nc(-c2ccc(Oc3ccc(F)cc3)cc2)n1. The lowest BCUT2D eigenvalue weighted by Gasteiger charge is -2.39. The molecule has 0 radical (unpaired) electrons. The van der Waals surface area contributed by atoms with Crippen molar-refractivity contribution in [2.45, 2.75) is 12.5 Å². The molecular weight excluding hydrogens is 389 g/mol. The third-order valence-electron chi connectivity index (χ3n) is 4.77. The number of aromatic nitrogens is 2. The van der Waals surface area contributed by atoms with E-state index in [0.717, 1.165) is 0 Å². The van der Waals surface area contributed by atoms with Crippen molar-refractivity contribution in [3.8, 4) is 22.9 Å². The van der Waals surface area contributed by atoms with Gasteiger partial charge in [0.05, 0.1) is 0 Å². The van der Waals surface area contributed by atoms with Crippen LogP contribution in [0.2, 0.25) is 0 Å². The van der Waals surface area contributed by atoms with Gasteiger partial charge in [0, 0.05) is 18.2 Å². The molecule has 1 atom stereocenters. The smallest absolute Gasteiger partial charge is 0.267 e. The molecule has 2 aromatic carbocycles. The first-order chi connectivity index (χ1) is 14.4. The summed E-state index contributed by atoms with van der Waals surface area (Å²) in [7, 11) is 0. The zero-order valence-electron chi connectivity index (χ0n) is 15.8. The summed E-state index contributed by atoms with van der Waals surface area (Å²) in [6.45, 7) is 0.590. The lowest BCUT2D eigenvalue weighted by Crippen LogP contribution is -2.55. The number of hydrogen-bond donors (Lipinski definition) is 2. The van der Waals surface area contributed by atoms with E-state index in [0.29, 0.717) is 35.8 Å². The molecule has 30 heavy (non-hydrogen) atoms. The summed E-state index contributed by atoms with van der Waals surface area (Å²) in [4.78, 5) is 33.7. The second-order valence-corrected chi connectivity index (χ2v) is 6.78. The van der Waals surface area contributed by atoms with Gasteiger partial charge in [-0.1, -0.05) is 0 Å². The van der Waals surface area contributed by atoms with Gasteiger partial charge in [-0.3, -0.25) is 9.59 Å². The zero-order valence-corrected chi connectivity index (χ0v) is 15.8. The normalized spacial score (nSPS) is 15.4. The molecule has 1 aromatic heterocycles. The molecule has 4 N–H and O–H groups in total. The monoisotopic (exact) mass is 407 g/mol. The molecule has 1 saturated heterocycles. The fourth-order valence-electron chi connectivity index (χ4n) is 3.11. The molecule has 0 aliphatic carbocycles. The lowest BCUT2D eigenvalue weighted by molar-refractivity contribution is -0.120. The van der Waals surface area contributed by atoms with Crippen LogP contribution in [0.25, 0.3) is 11.4 Å². The van der Waals surface area contributed by atoms with Crippen LogP contribution in [-0.4, -0.2) is 34.4 Å². The topological polar surface area (TPSA) is 124 Å². The van der Waals surface area contributed by atoms with E-state index < -0.39 is 17.9 Å². The Hall–Kier alpha value is -4.01. The van der Waals surface area contributed by atoms with E-state index in [9.17, 15) is 14.0 Å². The van der Waals surface area contributed by atoms with E-state index in [4.69, 9.17) is 16.2 Å². The van der Waals surface area contributed by atoms with Gasteiger partial charge in [-0.05, 0) is 55.0 Å².